The third-order valence-electron chi connectivity index (χ3n) is 6.22. The Morgan fingerprint density at radius 2 is 2.12 bits per heavy atom. The van der Waals surface area contributed by atoms with Crippen LogP contribution >= 0.6 is 0 Å². The lowest BCUT2D eigenvalue weighted by Gasteiger charge is -2.43. The molecule has 172 valence electrons. The lowest BCUT2D eigenvalue weighted by atomic mass is 9.96. The Morgan fingerprint density at radius 3 is 2.82 bits per heavy atom. The van der Waals surface area contributed by atoms with E-state index in [9.17, 15) is 13.4 Å². The van der Waals surface area contributed by atoms with Gasteiger partial charge in [-0.25, -0.2) is 22.9 Å². The van der Waals surface area contributed by atoms with E-state index >= 15 is 0 Å². The molecule has 0 saturated carbocycles. The first-order chi connectivity index (χ1) is 15.5. The fraction of sp³-hybridized carbons (Fsp3) is 0.409. The SMILES string of the molecule is Cc1cc(C#N)cnc1C(=O)Nc1ccc(F)c(C2(C)CS3(=O)=NCCCC3(C)C(N)=N2)n1. The zero-order valence-electron chi connectivity index (χ0n) is 18.6. The van der Waals surface area contributed by atoms with E-state index in [1.165, 1.54) is 18.3 Å². The van der Waals surface area contributed by atoms with Gasteiger partial charge in [0.1, 0.15) is 45.2 Å². The number of aromatic nitrogens is 2. The molecule has 0 saturated heterocycles. The van der Waals surface area contributed by atoms with Gasteiger partial charge in [-0.3, -0.25) is 9.79 Å². The monoisotopic (exact) mass is 469 g/mol. The van der Waals surface area contributed by atoms with Gasteiger partial charge in [0, 0.05) is 12.7 Å². The number of nitrogens with two attached hydrogens (primary N) is 1. The number of aryl methyl sites for hydroxylation is 1. The van der Waals surface area contributed by atoms with Gasteiger partial charge in [0.25, 0.3) is 5.91 Å². The summed E-state index contributed by atoms with van der Waals surface area (Å²) >= 11 is 0. The summed E-state index contributed by atoms with van der Waals surface area (Å²) in [4.78, 5) is 25.6. The molecule has 2 aromatic rings. The van der Waals surface area contributed by atoms with E-state index in [1.807, 2.05) is 6.07 Å². The second-order valence-corrected chi connectivity index (χ2v) is 11.5. The summed E-state index contributed by atoms with van der Waals surface area (Å²) in [6.45, 7) is 5.54. The predicted octanol–water partition coefficient (Wildman–Crippen LogP) is 2.65. The largest absolute Gasteiger partial charge is 0.386 e. The number of hydrogen-bond donors (Lipinski definition) is 2. The van der Waals surface area contributed by atoms with E-state index in [0.29, 0.717) is 24.1 Å². The summed E-state index contributed by atoms with van der Waals surface area (Å²) in [7, 11) is -2.81. The molecule has 2 aliphatic heterocycles. The van der Waals surface area contributed by atoms with Crippen LogP contribution in [0.2, 0.25) is 0 Å². The Bertz CT molecular complexity index is 1360. The van der Waals surface area contributed by atoms with E-state index in [2.05, 4.69) is 24.6 Å². The molecule has 33 heavy (non-hydrogen) atoms. The van der Waals surface area contributed by atoms with E-state index in [1.54, 1.807) is 26.8 Å². The maximum Gasteiger partial charge on any atom is 0.275 e. The molecule has 11 heteroatoms. The van der Waals surface area contributed by atoms with Crippen molar-refractivity contribution >= 4 is 27.3 Å². The Kier molecular flexibility index (Phi) is 5.44. The molecule has 1 amide bonds. The number of anilines is 1. The van der Waals surface area contributed by atoms with Gasteiger partial charge in [-0.05, 0) is 57.4 Å². The molecule has 9 nitrogen and oxygen atoms in total. The van der Waals surface area contributed by atoms with Gasteiger partial charge in [0.05, 0.1) is 21.0 Å². The topological polar surface area (TPSA) is 146 Å². The van der Waals surface area contributed by atoms with Crippen LogP contribution in [0.3, 0.4) is 0 Å². The van der Waals surface area contributed by atoms with Gasteiger partial charge in [0.15, 0.2) is 0 Å². The normalized spacial score (nSPS) is 28.6. The van der Waals surface area contributed by atoms with Gasteiger partial charge in [-0.1, -0.05) is 0 Å². The van der Waals surface area contributed by atoms with Gasteiger partial charge >= 0.3 is 0 Å². The zero-order valence-corrected chi connectivity index (χ0v) is 19.4. The van der Waals surface area contributed by atoms with Crippen LogP contribution in [-0.4, -0.2) is 43.0 Å². The highest BCUT2D eigenvalue weighted by molar-refractivity contribution is 7.95. The first kappa shape index (κ1) is 22.8. The number of pyridine rings is 2. The molecule has 2 aliphatic rings. The molecule has 3 atom stereocenters. The number of halogens is 1. The Hall–Kier alpha value is -3.39. The average molecular weight is 470 g/mol. The summed E-state index contributed by atoms with van der Waals surface area (Å²) in [5.41, 5.74) is 5.85. The smallest absolute Gasteiger partial charge is 0.275 e. The minimum absolute atomic E-state index is 0.0190. The van der Waals surface area contributed by atoms with Gasteiger partial charge in [-0.2, -0.15) is 5.26 Å². The highest BCUT2D eigenvalue weighted by atomic mass is 32.2. The minimum Gasteiger partial charge on any atom is -0.386 e. The highest BCUT2D eigenvalue weighted by Gasteiger charge is 2.51. The molecule has 4 heterocycles. The molecule has 0 radical (unpaired) electrons. The van der Waals surface area contributed by atoms with Crippen molar-refractivity contribution in [2.75, 3.05) is 17.6 Å². The standard InChI is InChI=1S/C22H24FN7O2S/c1-13-9-14(10-24)11-26-17(13)19(31)29-16-6-5-15(23)18(28-16)21(2)12-33(32)22(3,20(25)30-21)7-4-8-27-33/h5-6,9,11H,4,7-8,12H2,1-3H3,(H2,25,30)(H,28,29,31). The second-order valence-electron chi connectivity index (χ2n) is 8.73. The quantitative estimate of drug-likeness (QED) is 0.706. The van der Waals surface area contributed by atoms with Crippen molar-refractivity contribution in [1.29, 1.82) is 5.26 Å². The lowest BCUT2D eigenvalue weighted by molar-refractivity contribution is 0.102. The number of hydrogen-bond acceptors (Lipinski definition) is 8. The van der Waals surface area contributed by atoms with Crippen molar-refractivity contribution in [3.8, 4) is 6.07 Å². The van der Waals surface area contributed by atoms with Crippen molar-refractivity contribution in [2.24, 2.45) is 15.1 Å². The molecule has 0 aromatic carbocycles. The van der Waals surface area contributed by atoms with Crippen LogP contribution in [0.5, 0.6) is 0 Å². The van der Waals surface area contributed by atoms with Gasteiger partial charge < -0.3 is 11.1 Å². The number of amidine groups is 1. The number of nitrogens with zero attached hydrogens (tertiary/aromatic N) is 5. The number of rotatable bonds is 3. The average Bonchev–Trinajstić information content (AvgIpc) is 2.76. The third-order valence-corrected chi connectivity index (χ3v) is 9.60. The number of nitrogens with one attached hydrogen (secondary N) is 1. The summed E-state index contributed by atoms with van der Waals surface area (Å²) in [5.74, 6) is -0.963. The number of carbonyl (C=O) groups is 1. The fourth-order valence-corrected chi connectivity index (χ4v) is 7.20. The summed E-state index contributed by atoms with van der Waals surface area (Å²) < 4.78 is 32.3. The molecule has 4 rings (SSSR count). The number of carbonyl (C=O) groups excluding carboxylic acids is 1. The fourth-order valence-electron chi connectivity index (χ4n) is 4.28. The van der Waals surface area contributed by atoms with E-state index in [0.717, 1.165) is 6.42 Å². The van der Waals surface area contributed by atoms with Crippen molar-refractivity contribution in [2.45, 2.75) is 43.9 Å². The van der Waals surface area contributed by atoms with Crippen LogP contribution in [0.4, 0.5) is 10.2 Å². The Morgan fingerprint density at radius 1 is 1.36 bits per heavy atom. The zero-order chi connectivity index (χ0) is 24.0. The number of aliphatic imine (C=N–C) groups is 1. The van der Waals surface area contributed by atoms with Crippen LogP contribution < -0.4 is 11.1 Å². The number of amides is 1. The van der Waals surface area contributed by atoms with Gasteiger partial charge in [0.2, 0.25) is 0 Å². The van der Waals surface area contributed by atoms with Crippen LogP contribution in [0.15, 0.2) is 33.8 Å². The third kappa shape index (κ3) is 3.74. The Labute approximate surface area is 191 Å². The van der Waals surface area contributed by atoms with Crippen LogP contribution in [-0.2, 0) is 15.3 Å². The second kappa shape index (κ2) is 7.88. The van der Waals surface area contributed by atoms with E-state index in [4.69, 9.17) is 11.0 Å². The summed E-state index contributed by atoms with van der Waals surface area (Å²) in [6, 6.07) is 6.01. The molecule has 0 spiro atoms. The molecular formula is C22H24FN7O2S. The molecule has 3 N–H and O–H groups in total. The first-order valence-corrected chi connectivity index (χ1v) is 12.1. The maximum atomic E-state index is 14.9. The molecule has 0 fully saturated rings. The first-order valence-electron chi connectivity index (χ1n) is 10.4. The predicted molar refractivity (Wildman–Crippen MR) is 123 cm³/mol. The van der Waals surface area contributed by atoms with Crippen LogP contribution in [0, 0.1) is 24.1 Å². The molecule has 2 aromatic heterocycles. The van der Waals surface area contributed by atoms with Crippen molar-refractivity contribution in [1.82, 2.24) is 9.97 Å². The highest BCUT2D eigenvalue weighted by Crippen LogP contribution is 2.42. The summed E-state index contributed by atoms with van der Waals surface area (Å²) in [6.07, 6.45) is 2.66. The minimum atomic E-state index is -2.81. The molecular weight excluding hydrogens is 445 g/mol. The summed E-state index contributed by atoms with van der Waals surface area (Å²) in [5, 5.41) is 11.6. The van der Waals surface area contributed by atoms with Crippen molar-refractivity contribution < 1.29 is 13.4 Å². The molecule has 0 bridgehead atoms. The molecule has 3 unspecified atom stereocenters. The van der Waals surface area contributed by atoms with Crippen LogP contribution in [0.1, 0.15) is 54.0 Å². The van der Waals surface area contributed by atoms with E-state index in [-0.39, 0.29) is 28.8 Å². The number of fused-ring (bicyclic) bond motifs is 1. The maximum absolute atomic E-state index is 14.9. The van der Waals surface area contributed by atoms with E-state index < -0.39 is 31.7 Å². The molecule has 0 aliphatic carbocycles. The number of nitriles is 1. The van der Waals surface area contributed by atoms with Gasteiger partial charge in [-0.15, -0.1) is 0 Å². The van der Waals surface area contributed by atoms with Crippen LogP contribution in [0.25, 0.3) is 0 Å². The Balaban J connectivity index is 1.70. The van der Waals surface area contributed by atoms with Crippen molar-refractivity contribution in [3.05, 3.63) is 52.7 Å². The lowest BCUT2D eigenvalue weighted by Crippen LogP contribution is -2.57. The van der Waals surface area contributed by atoms with Crippen molar-refractivity contribution in [3.63, 3.8) is 0 Å².